The third-order valence-corrected chi connectivity index (χ3v) is 2.81. The van der Waals surface area contributed by atoms with Crippen LogP contribution in [0, 0.1) is 5.92 Å². The Morgan fingerprint density at radius 3 is 2.43 bits per heavy atom. The first kappa shape index (κ1) is 14.2. The average Bonchev–Trinajstić information content (AvgIpc) is 2.19. The lowest BCUT2D eigenvalue weighted by Crippen LogP contribution is -2.33. The molecule has 3 heteroatoms. The Labute approximate surface area is 94.0 Å². The molecule has 1 atom stereocenters. The predicted molar refractivity (Wildman–Crippen MR) is 65.2 cm³/mol. The first-order valence-corrected chi connectivity index (χ1v) is 6.27. The average molecular weight is 221 g/mol. The summed E-state index contributed by atoms with van der Waals surface area (Å²) in [5.74, 6) is 1.48. The molecule has 0 rings (SSSR count). The van der Waals surface area contributed by atoms with Crippen molar-refractivity contribution in [1.29, 1.82) is 0 Å². The van der Waals surface area contributed by atoms with Crippen molar-refractivity contribution in [3.63, 3.8) is 0 Å². The molecule has 2 nitrogen and oxygen atoms in total. The topological polar surface area (TPSA) is 15.3 Å². The molecule has 0 aromatic rings. The Morgan fingerprint density at radius 2 is 1.93 bits per heavy atom. The summed E-state index contributed by atoms with van der Waals surface area (Å²) in [6.45, 7) is 12.3. The van der Waals surface area contributed by atoms with Crippen LogP contribution in [0.1, 0.15) is 27.2 Å². The summed E-state index contributed by atoms with van der Waals surface area (Å²) in [4.78, 5) is 2.43. The molecule has 1 N–H and O–H groups in total. The molecular weight excluding hydrogens is 196 g/mol. The summed E-state index contributed by atoms with van der Waals surface area (Å²) in [7, 11) is 0. The van der Waals surface area contributed by atoms with Gasteiger partial charge in [-0.15, -0.1) is 11.6 Å². The van der Waals surface area contributed by atoms with Gasteiger partial charge in [-0.25, -0.2) is 0 Å². The van der Waals surface area contributed by atoms with E-state index in [-0.39, 0.29) is 0 Å². The molecule has 0 saturated heterocycles. The Balaban J connectivity index is 3.27. The van der Waals surface area contributed by atoms with Crippen molar-refractivity contribution in [1.82, 2.24) is 10.2 Å². The van der Waals surface area contributed by atoms with E-state index in [0.717, 1.165) is 45.0 Å². The molecule has 0 bridgehead atoms. The van der Waals surface area contributed by atoms with Crippen LogP contribution in [-0.2, 0) is 0 Å². The first-order valence-electron chi connectivity index (χ1n) is 5.73. The van der Waals surface area contributed by atoms with E-state index in [9.17, 15) is 0 Å². The molecule has 86 valence electrons. The van der Waals surface area contributed by atoms with Gasteiger partial charge in [0.15, 0.2) is 0 Å². The number of halogens is 1. The van der Waals surface area contributed by atoms with E-state index in [1.807, 2.05) is 0 Å². The lowest BCUT2D eigenvalue weighted by molar-refractivity contribution is 0.299. The van der Waals surface area contributed by atoms with Crippen molar-refractivity contribution < 1.29 is 0 Å². The van der Waals surface area contributed by atoms with Gasteiger partial charge in [-0.05, 0) is 32.0 Å². The summed E-state index contributed by atoms with van der Waals surface area (Å²) in [5, 5.41) is 3.47. The van der Waals surface area contributed by atoms with Crippen molar-refractivity contribution in [2.45, 2.75) is 27.2 Å². The van der Waals surface area contributed by atoms with E-state index in [4.69, 9.17) is 11.6 Å². The second-order valence-electron chi connectivity index (χ2n) is 3.81. The van der Waals surface area contributed by atoms with Crippen molar-refractivity contribution in [3.05, 3.63) is 0 Å². The molecule has 0 fully saturated rings. The van der Waals surface area contributed by atoms with Gasteiger partial charge in [-0.2, -0.15) is 0 Å². The molecule has 0 amide bonds. The first-order chi connectivity index (χ1) is 6.74. The number of alkyl halides is 1. The lowest BCUT2D eigenvalue weighted by Gasteiger charge is -2.19. The Hall–Kier alpha value is 0.210. The normalized spacial score (nSPS) is 13.5. The highest BCUT2D eigenvalue weighted by Gasteiger charge is 2.01. The third kappa shape index (κ3) is 7.60. The molecule has 0 aromatic carbocycles. The highest BCUT2D eigenvalue weighted by atomic mass is 35.5. The largest absolute Gasteiger partial charge is 0.315 e. The maximum absolute atomic E-state index is 5.67. The fourth-order valence-corrected chi connectivity index (χ4v) is 1.79. The molecule has 0 aliphatic rings. The van der Waals surface area contributed by atoms with E-state index in [1.54, 1.807) is 0 Å². The summed E-state index contributed by atoms with van der Waals surface area (Å²) in [5.41, 5.74) is 0. The number of hydrogen-bond donors (Lipinski definition) is 1. The van der Waals surface area contributed by atoms with Crippen LogP contribution < -0.4 is 5.32 Å². The molecule has 0 spiro atoms. The van der Waals surface area contributed by atoms with Crippen LogP contribution in [0.5, 0.6) is 0 Å². The third-order valence-electron chi connectivity index (χ3n) is 2.59. The Morgan fingerprint density at radius 1 is 1.29 bits per heavy atom. The number of nitrogens with zero attached hydrogens (tertiary/aromatic N) is 1. The maximum atomic E-state index is 5.67. The second kappa shape index (κ2) is 9.75. The quantitative estimate of drug-likeness (QED) is 0.474. The minimum absolute atomic E-state index is 0.698. The monoisotopic (exact) mass is 220 g/mol. The van der Waals surface area contributed by atoms with E-state index in [2.05, 4.69) is 31.0 Å². The van der Waals surface area contributed by atoms with Crippen LogP contribution in [0.25, 0.3) is 0 Å². The Kier molecular flexibility index (Phi) is 9.90. The van der Waals surface area contributed by atoms with Gasteiger partial charge in [-0.1, -0.05) is 20.8 Å². The Bertz CT molecular complexity index is 116. The SMILES string of the molecule is CCN(CC)CCNCC(C)CCCl. The molecule has 0 aliphatic heterocycles. The van der Waals surface area contributed by atoms with Gasteiger partial charge in [0.25, 0.3) is 0 Å². The number of hydrogen-bond acceptors (Lipinski definition) is 2. The van der Waals surface area contributed by atoms with Crippen LogP contribution in [0.2, 0.25) is 0 Å². The summed E-state index contributed by atoms with van der Waals surface area (Å²) in [6.07, 6.45) is 1.11. The van der Waals surface area contributed by atoms with E-state index < -0.39 is 0 Å². The summed E-state index contributed by atoms with van der Waals surface area (Å²) < 4.78 is 0. The van der Waals surface area contributed by atoms with Crippen molar-refractivity contribution >= 4 is 11.6 Å². The smallest absolute Gasteiger partial charge is 0.0226 e. The highest BCUT2D eigenvalue weighted by molar-refractivity contribution is 6.17. The number of rotatable bonds is 9. The fourth-order valence-electron chi connectivity index (χ4n) is 1.41. The van der Waals surface area contributed by atoms with Crippen LogP contribution in [0.3, 0.4) is 0 Å². The molecule has 0 aliphatic carbocycles. The summed E-state index contributed by atoms with van der Waals surface area (Å²) >= 11 is 5.67. The van der Waals surface area contributed by atoms with E-state index >= 15 is 0 Å². The maximum Gasteiger partial charge on any atom is 0.0226 e. The van der Waals surface area contributed by atoms with Gasteiger partial charge in [0, 0.05) is 19.0 Å². The van der Waals surface area contributed by atoms with Crippen LogP contribution in [-0.4, -0.2) is 43.5 Å². The molecule has 0 aromatic heterocycles. The minimum Gasteiger partial charge on any atom is -0.315 e. The zero-order valence-corrected chi connectivity index (χ0v) is 10.6. The van der Waals surface area contributed by atoms with Gasteiger partial charge in [0.1, 0.15) is 0 Å². The van der Waals surface area contributed by atoms with Gasteiger partial charge in [0.2, 0.25) is 0 Å². The predicted octanol–water partition coefficient (Wildman–Crippen LogP) is 2.18. The molecule has 1 unspecified atom stereocenters. The van der Waals surface area contributed by atoms with Crippen molar-refractivity contribution in [2.24, 2.45) is 5.92 Å². The second-order valence-corrected chi connectivity index (χ2v) is 4.19. The minimum atomic E-state index is 0.698. The summed E-state index contributed by atoms with van der Waals surface area (Å²) in [6, 6.07) is 0. The van der Waals surface area contributed by atoms with Gasteiger partial charge < -0.3 is 10.2 Å². The van der Waals surface area contributed by atoms with Crippen LogP contribution >= 0.6 is 11.6 Å². The highest BCUT2D eigenvalue weighted by Crippen LogP contribution is 2.00. The molecule has 0 radical (unpaired) electrons. The van der Waals surface area contributed by atoms with E-state index in [0.29, 0.717) is 5.92 Å². The zero-order valence-electron chi connectivity index (χ0n) is 9.85. The number of likely N-dealkylation sites (N-methyl/N-ethyl adjacent to an activating group) is 1. The van der Waals surface area contributed by atoms with Crippen LogP contribution in [0.4, 0.5) is 0 Å². The molecule has 14 heavy (non-hydrogen) atoms. The van der Waals surface area contributed by atoms with Crippen molar-refractivity contribution in [3.8, 4) is 0 Å². The van der Waals surface area contributed by atoms with Crippen LogP contribution in [0.15, 0.2) is 0 Å². The zero-order chi connectivity index (χ0) is 10.8. The van der Waals surface area contributed by atoms with E-state index in [1.165, 1.54) is 0 Å². The van der Waals surface area contributed by atoms with Crippen molar-refractivity contribution in [2.75, 3.05) is 38.6 Å². The fraction of sp³-hybridized carbons (Fsp3) is 1.00. The standard InChI is InChI=1S/C11H25ClN2/c1-4-14(5-2)9-8-13-10-11(3)6-7-12/h11,13H,4-10H2,1-3H3. The van der Waals surface area contributed by atoms with Gasteiger partial charge in [0.05, 0.1) is 0 Å². The number of nitrogens with one attached hydrogen (secondary N) is 1. The molecule has 0 saturated carbocycles. The molecule has 0 heterocycles. The lowest BCUT2D eigenvalue weighted by atomic mass is 10.1. The van der Waals surface area contributed by atoms with Gasteiger partial charge in [-0.3, -0.25) is 0 Å². The van der Waals surface area contributed by atoms with Gasteiger partial charge >= 0.3 is 0 Å². The molecular formula is C11H25ClN2.